The lowest BCUT2D eigenvalue weighted by Crippen LogP contribution is -2.48. The van der Waals surface area contributed by atoms with E-state index in [0.717, 1.165) is 17.7 Å². The smallest absolute Gasteiger partial charge is 0.258 e. The van der Waals surface area contributed by atoms with Crippen LogP contribution in [0.2, 0.25) is 0 Å². The average Bonchev–Trinajstić information content (AvgIpc) is 2.65. The van der Waals surface area contributed by atoms with Crippen molar-refractivity contribution in [3.05, 3.63) is 47.8 Å². The predicted octanol–water partition coefficient (Wildman–Crippen LogP) is 2.23. The van der Waals surface area contributed by atoms with E-state index in [1.54, 1.807) is 38.7 Å². The zero-order valence-corrected chi connectivity index (χ0v) is 15.0. The molecule has 0 bridgehead atoms. The van der Waals surface area contributed by atoms with Gasteiger partial charge in [0.05, 0.1) is 19.9 Å². The molecule has 1 aliphatic heterocycles. The maximum Gasteiger partial charge on any atom is 0.258 e. The maximum atomic E-state index is 13.1. The molecule has 1 atom stereocenters. The molecule has 6 heteroatoms. The van der Waals surface area contributed by atoms with Gasteiger partial charge in [0.2, 0.25) is 0 Å². The van der Waals surface area contributed by atoms with Crippen LogP contribution in [0.4, 0.5) is 5.69 Å². The van der Waals surface area contributed by atoms with Crippen molar-refractivity contribution in [1.29, 1.82) is 0 Å². The zero-order valence-electron chi connectivity index (χ0n) is 15.0. The molecule has 6 nitrogen and oxygen atoms in total. The fraction of sp³-hybridized carbons (Fsp3) is 0.368. The number of fused-ring (bicyclic) bond motifs is 1. The van der Waals surface area contributed by atoms with Crippen LogP contribution in [-0.2, 0) is 6.42 Å². The van der Waals surface area contributed by atoms with E-state index < -0.39 is 0 Å². The lowest BCUT2D eigenvalue weighted by atomic mass is 9.95. The number of likely N-dealkylation sites (N-methyl/N-ethyl adjacent to an activating group) is 1. The predicted molar refractivity (Wildman–Crippen MR) is 96.6 cm³/mol. The van der Waals surface area contributed by atoms with E-state index in [0.29, 0.717) is 23.6 Å². The molecule has 1 unspecified atom stereocenters. The first kappa shape index (κ1) is 17.2. The Hall–Kier alpha value is -2.60. The number of ether oxygens (including phenoxy) is 2. The third-order valence-electron chi connectivity index (χ3n) is 4.63. The van der Waals surface area contributed by atoms with Gasteiger partial charge < -0.3 is 19.3 Å². The Balaban J connectivity index is 2.08. The fourth-order valence-electron chi connectivity index (χ4n) is 3.14. The Bertz CT molecular complexity index is 762. The molecule has 0 saturated heterocycles. The van der Waals surface area contributed by atoms with Crippen LogP contribution in [0.5, 0.6) is 11.5 Å². The van der Waals surface area contributed by atoms with Gasteiger partial charge in [0.15, 0.2) is 11.5 Å². The summed E-state index contributed by atoms with van der Waals surface area (Å²) in [5, 5.41) is 0. The third kappa shape index (κ3) is 3.30. The molecule has 1 aliphatic rings. The first-order valence-corrected chi connectivity index (χ1v) is 8.18. The van der Waals surface area contributed by atoms with Gasteiger partial charge in [-0.1, -0.05) is 0 Å². The van der Waals surface area contributed by atoms with Crippen LogP contribution >= 0.6 is 0 Å². The second kappa shape index (κ2) is 7.11. The van der Waals surface area contributed by atoms with Gasteiger partial charge in [-0.2, -0.15) is 0 Å². The molecule has 1 aromatic heterocycles. The van der Waals surface area contributed by atoms with Crippen LogP contribution in [0.3, 0.4) is 0 Å². The summed E-state index contributed by atoms with van der Waals surface area (Å²) in [6.07, 6.45) is 4.12. The minimum Gasteiger partial charge on any atom is -0.493 e. The molecule has 2 aromatic rings. The van der Waals surface area contributed by atoms with Gasteiger partial charge in [-0.3, -0.25) is 9.78 Å². The Morgan fingerprint density at radius 2 is 1.80 bits per heavy atom. The molecule has 1 aromatic carbocycles. The van der Waals surface area contributed by atoms with Crippen molar-refractivity contribution < 1.29 is 14.3 Å². The van der Waals surface area contributed by atoms with E-state index >= 15 is 0 Å². The lowest BCUT2D eigenvalue weighted by Gasteiger charge is -2.38. The van der Waals surface area contributed by atoms with E-state index in [9.17, 15) is 4.79 Å². The first-order chi connectivity index (χ1) is 12.0. The third-order valence-corrected chi connectivity index (χ3v) is 4.63. The molecule has 0 saturated carbocycles. The Labute approximate surface area is 148 Å². The highest BCUT2D eigenvalue weighted by Gasteiger charge is 2.31. The topological polar surface area (TPSA) is 54.9 Å². The number of amides is 1. The Morgan fingerprint density at radius 3 is 2.40 bits per heavy atom. The van der Waals surface area contributed by atoms with E-state index in [4.69, 9.17) is 9.47 Å². The van der Waals surface area contributed by atoms with Crippen LogP contribution < -0.4 is 14.4 Å². The fourth-order valence-corrected chi connectivity index (χ4v) is 3.14. The number of carbonyl (C=O) groups excluding carboxylic acids is 1. The highest BCUT2D eigenvalue weighted by molar-refractivity contribution is 6.07. The number of rotatable bonds is 4. The highest BCUT2D eigenvalue weighted by atomic mass is 16.5. The molecule has 2 heterocycles. The molecule has 0 fully saturated rings. The van der Waals surface area contributed by atoms with E-state index in [2.05, 4.69) is 9.88 Å². The molecular formula is C19H23N3O3. The summed E-state index contributed by atoms with van der Waals surface area (Å²) in [4.78, 5) is 21.1. The lowest BCUT2D eigenvalue weighted by molar-refractivity contribution is 0.0975. The molecule has 0 spiro atoms. The molecule has 0 aliphatic carbocycles. The van der Waals surface area contributed by atoms with Gasteiger partial charge in [0, 0.05) is 36.6 Å². The number of aromatic nitrogens is 1. The Kier molecular flexibility index (Phi) is 4.90. The summed E-state index contributed by atoms with van der Waals surface area (Å²) in [7, 11) is 7.29. The zero-order chi connectivity index (χ0) is 18.0. The SMILES string of the molecule is COc1cc2c(cc1OC)N(C(=O)c1ccncc1)CC(N(C)C)C2. The number of carbonyl (C=O) groups is 1. The highest BCUT2D eigenvalue weighted by Crippen LogP contribution is 2.39. The van der Waals surface area contributed by atoms with Crippen LogP contribution in [0, 0.1) is 0 Å². The molecule has 1 amide bonds. The van der Waals surface area contributed by atoms with Crippen molar-refractivity contribution in [3.63, 3.8) is 0 Å². The van der Waals surface area contributed by atoms with Crippen LogP contribution in [0.15, 0.2) is 36.7 Å². The molecule has 0 radical (unpaired) electrons. The number of methoxy groups -OCH3 is 2. The molecule has 132 valence electrons. The minimum absolute atomic E-state index is 0.0394. The minimum atomic E-state index is -0.0394. The first-order valence-electron chi connectivity index (χ1n) is 8.18. The Morgan fingerprint density at radius 1 is 1.16 bits per heavy atom. The van der Waals surface area contributed by atoms with E-state index in [1.807, 2.05) is 31.1 Å². The van der Waals surface area contributed by atoms with Gasteiger partial charge >= 0.3 is 0 Å². The summed E-state index contributed by atoms with van der Waals surface area (Å²) >= 11 is 0. The largest absolute Gasteiger partial charge is 0.493 e. The normalized spacial score (nSPS) is 16.5. The summed E-state index contributed by atoms with van der Waals surface area (Å²) in [6, 6.07) is 7.57. The second-order valence-electron chi connectivity index (χ2n) is 6.31. The number of hydrogen-bond acceptors (Lipinski definition) is 5. The number of benzene rings is 1. The second-order valence-corrected chi connectivity index (χ2v) is 6.31. The monoisotopic (exact) mass is 341 g/mol. The number of hydrogen-bond donors (Lipinski definition) is 0. The number of anilines is 1. The van der Waals surface area contributed by atoms with Crippen molar-refractivity contribution in [3.8, 4) is 11.5 Å². The quantitative estimate of drug-likeness (QED) is 0.854. The molecular weight excluding hydrogens is 318 g/mol. The van der Waals surface area contributed by atoms with E-state index in [-0.39, 0.29) is 11.9 Å². The van der Waals surface area contributed by atoms with Crippen LogP contribution in [-0.4, -0.2) is 56.7 Å². The van der Waals surface area contributed by atoms with Crippen LogP contribution in [0.25, 0.3) is 0 Å². The summed E-state index contributed by atoms with van der Waals surface area (Å²) < 4.78 is 10.9. The standard InChI is InChI=1S/C19H23N3O3/c1-21(2)15-9-14-10-17(24-3)18(25-4)11-16(14)22(12-15)19(23)13-5-7-20-8-6-13/h5-8,10-11,15H,9,12H2,1-4H3. The van der Waals surface area contributed by atoms with Crippen molar-refractivity contribution in [2.24, 2.45) is 0 Å². The molecule has 3 rings (SSSR count). The number of pyridine rings is 1. The van der Waals surface area contributed by atoms with Gasteiger partial charge in [0.1, 0.15) is 0 Å². The summed E-state index contributed by atoms with van der Waals surface area (Å²) in [6.45, 7) is 0.622. The van der Waals surface area contributed by atoms with Crippen molar-refractivity contribution in [1.82, 2.24) is 9.88 Å². The van der Waals surface area contributed by atoms with E-state index in [1.165, 1.54) is 0 Å². The van der Waals surface area contributed by atoms with Gasteiger partial charge in [-0.15, -0.1) is 0 Å². The average molecular weight is 341 g/mol. The molecule has 25 heavy (non-hydrogen) atoms. The van der Waals surface area contributed by atoms with Crippen molar-refractivity contribution >= 4 is 11.6 Å². The van der Waals surface area contributed by atoms with Crippen LogP contribution in [0.1, 0.15) is 15.9 Å². The summed E-state index contributed by atoms with van der Waals surface area (Å²) in [5.74, 6) is 1.26. The van der Waals surface area contributed by atoms with Gasteiger partial charge in [0.25, 0.3) is 5.91 Å². The van der Waals surface area contributed by atoms with Crippen molar-refractivity contribution in [2.45, 2.75) is 12.5 Å². The van der Waals surface area contributed by atoms with Gasteiger partial charge in [-0.05, 0) is 44.3 Å². The maximum absolute atomic E-state index is 13.1. The summed E-state index contributed by atoms with van der Waals surface area (Å²) in [5.41, 5.74) is 2.57. The van der Waals surface area contributed by atoms with Gasteiger partial charge in [-0.25, -0.2) is 0 Å². The van der Waals surface area contributed by atoms with Crippen molar-refractivity contribution in [2.75, 3.05) is 39.8 Å². The molecule has 0 N–H and O–H groups in total. The number of nitrogens with zero attached hydrogens (tertiary/aromatic N) is 3.